The van der Waals surface area contributed by atoms with Gasteiger partial charge >= 0.3 is 0 Å². The summed E-state index contributed by atoms with van der Waals surface area (Å²) in [6, 6.07) is 5.03. The third-order valence-corrected chi connectivity index (χ3v) is 3.96. The molecule has 0 saturated carbocycles. The third-order valence-electron chi connectivity index (χ3n) is 3.72. The Morgan fingerprint density at radius 1 is 1.39 bits per heavy atom. The first-order chi connectivity index (χ1) is 8.58. The van der Waals surface area contributed by atoms with E-state index in [-0.39, 0.29) is 5.82 Å². The van der Waals surface area contributed by atoms with Crippen LogP contribution in [0.5, 0.6) is 0 Å². The van der Waals surface area contributed by atoms with Crippen LogP contribution in [0.3, 0.4) is 0 Å². The predicted octanol–water partition coefficient (Wildman–Crippen LogP) is 4.52. The second-order valence-corrected chi connectivity index (χ2v) is 5.06. The van der Waals surface area contributed by atoms with Crippen LogP contribution in [0.4, 0.5) is 4.39 Å². The second-order valence-electron chi connectivity index (χ2n) is 4.79. The quantitative estimate of drug-likeness (QED) is 0.746. The number of benzene rings is 1. The van der Waals surface area contributed by atoms with Crippen LogP contribution in [0.2, 0.25) is 0 Å². The third kappa shape index (κ3) is 2.24. The summed E-state index contributed by atoms with van der Waals surface area (Å²) in [7, 11) is 0. The van der Waals surface area contributed by atoms with Crippen molar-refractivity contribution >= 4 is 22.6 Å². The molecule has 0 radical (unpaired) electrons. The molecule has 0 aliphatic carbocycles. The lowest BCUT2D eigenvalue weighted by Gasteiger charge is -2.22. The molecule has 2 nitrogen and oxygen atoms in total. The summed E-state index contributed by atoms with van der Waals surface area (Å²) in [6.07, 6.45) is 1.09. The van der Waals surface area contributed by atoms with Crippen LogP contribution in [0.1, 0.15) is 39.1 Å². The van der Waals surface area contributed by atoms with Crippen LogP contribution in [-0.2, 0) is 5.88 Å². The van der Waals surface area contributed by atoms with Crippen molar-refractivity contribution in [3.05, 3.63) is 29.8 Å². The number of rotatable bonds is 4. The minimum Gasteiger partial charge on any atom is -0.324 e. The summed E-state index contributed by atoms with van der Waals surface area (Å²) < 4.78 is 15.4. The Labute approximate surface area is 112 Å². The smallest absolute Gasteiger partial charge is 0.125 e. The summed E-state index contributed by atoms with van der Waals surface area (Å²) in [5.74, 6) is 1.42. The fourth-order valence-electron chi connectivity index (χ4n) is 2.27. The number of aromatic nitrogens is 2. The van der Waals surface area contributed by atoms with Crippen molar-refractivity contribution in [3.63, 3.8) is 0 Å². The molecule has 0 spiro atoms. The van der Waals surface area contributed by atoms with Gasteiger partial charge in [-0.05, 0) is 25.0 Å². The lowest BCUT2D eigenvalue weighted by atomic mass is 10.0. The van der Waals surface area contributed by atoms with Crippen LogP contribution in [0.25, 0.3) is 11.0 Å². The first-order valence-electron chi connectivity index (χ1n) is 6.30. The highest BCUT2D eigenvalue weighted by molar-refractivity contribution is 6.16. The molecular formula is C14H18ClFN2. The molecule has 2 unspecified atom stereocenters. The van der Waals surface area contributed by atoms with Gasteiger partial charge in [-0.2, -0.15) is 0 Å². The van der Waals surface area contributed by atoms with Gasteiger partial charge in [0.25, 0.3) is 0 Å². The fourth-order valence-corrected chi connectivity index (χ4v) is 2.45. The van der Waals surface area contributed by atoms with Crippen molar-refractivity contribution in [3.8, 4) is 0 Å². The van der Waals surface area contributed by atoms with Crippen LogP contribution in [0, 0.1) is 11.7 Å². The SMILES string of the molecule is CCC(C)C(C)n1c(CCl)nc2cc(F)ccc21. The van der Waals surface area contributed by atoms with Gasteiger partial charge in [0.15, 0.2) is 0 Å². The molecule has 0 fully saturated rings. The van der Waals surface area contributed by atoms with Crippen LogP contribution in [0.15, 0.2) is 18.2 Å². The maximum atomic E-state index is 13.2. The summed E-state index contributed by atoms with van der Waals surface area (Å²) in [6.45, 7) is 6.53. The Kier molecular flexibility index (Phi) is 3.91. The Bertz CT molecular complexity index is 550. The highest BCUT2D eigenvalue weighted by Gasteiger charge is 2.19. The predicted molar refractivity (Wildman–Crippen MR) is 73.4 cm³/mol. The van der Waals surface area contributed by atoms with Crippen LogP contribution >= 0.6 is 11.6 Å². The molecule has 0 amide bonds. The maximum Gasteiger partial charge on any atom is 0.125 e. The Balaban J connectivity index is 2.60. The molecule has 1 heterocycles. The molecule has 2 atom stereocenters. The first-order valence-corrected chi connectivity index (χ1v) is 6.84. The van der Waals surface area contributed by atoms with E-state index in [1.807, 2.05) is 0 Å². The maximum absolute atomic E-state index is 13.2. The highest BCUT2D eigenvalue weighted by Crippen LogP contribution is 2.28. The lowest BCUT2D eigenvalue weighted by Crippen LogP contribution is -2.15. The molecule has 2 rings (SSSR count). The molecule has 2 aromatic rings. The Morgan fingerprint density at radius 3 is 2.72 bits per heavy atom. The molecule has 0 aliphatic rings. The zero-order chi connectivity index (χ0) is 13.3. The topological polar surface area (TPSA) is 17.8 Å². The number of halogens is 2. The average molecular weight is 269 g/mol. The Hall–Kier alpha value is -1.09. The number of hydrogen-bond donors (Lipinski definition) is 0. The molecule has 98 valence electrons. The molecular weight excluding hydrogens is 251 g/mol. The zero-order valence-electron chi connectivity index (χ0n) is 11.0. The summed E-state index contributed by atoms with van der Waals surface area (Å²) >= 11 is 5.96. The van der Waals surface area contributed by atoms with Gasteiger partial charge in [0.1, 0.15) is 11.6 Å². The van der Waals surface area contributed by atoms with Gasteiger partial charge in [-0.25, -0.2) is 9.37 Å². The molecule has 1 aromatic heterocycles. The number of alkyl halides is 1. The van der Waals surface area contributed by atoms with E-state index >= 15 is 0 Å². The van der Waals surface area contributed by atoms with E-state index in [0.717, 1.165) is 17.8 Å². The largest absolute Gasteiger partial charge is 0.324 e. The van der Waals surface area contributed by atoms with E-state index < -0.39 is 0 Å². The second kappa shape index (κ2) is 5.27. The molecule has 0 saturated heterocycles. The van der Waals surface area contributed by atoms with E-state index in [4.69, 9.17) is 11.6 Å². The van der Waals surface area contributed by atoms with Crippen LogP contribution < -0.4 is 0 Å². The monoisotopic (exact) mass is 268 g/mol. The van der Waals surface area contributed by atoms with E-state index in [0.29, 0.717) is 23.4 Å². The van der Waals surface area contributed by atoms with Gasteiger partial charge in [-0.15, -0.1) is 11.6 Å². The number of hydrogen-bond acceptors (Lipinski definition) is 1. The average Bonchev–Trinajstić information content (AvgIpc) is 2.74. The van der Waals surface area contributed by atoms with Crippen molar-refractivity contribution in [2.24, 2.45) is 5.92 Å². The summed E-state index contributed by atoms with van der Waals surface area (Å²) in [5, 5.41) is 0. The van der Waals surface area contributed by atoms with Crippen molar-refractivity contribution in [1.82, 2.24) is 9.55 Å². The molecule has 0 N–H and O–H groups in total. The van der Waals surface area contributed by atoms with Gasteiger partial charge in [-0.1, -0.05) is 20.3 Å². The number of imidazole rings is 1. The van der Waals surface area contributed by atoms with E-state index in [2.05, 4.69) is 30.3 Å². The summed E-state index contributed by atoms with van der Waals surface area (Å²) in [4.78, 5) is 4.42. The number of fused-ring (bicyclic) bond motifs is 1. The first kappa shape index (κ1) is 13.3. The minimum absolute atomic E-state index is 0.260. The van der Waals surface area contributed by atoms with E-state index in [9.17, 15) is 4.39 Å². The standard InChI is InChI=1S/C14H18ClFN2/c1-4-9(2)10(3)18-13-6-5-11(16)7-12(13)17-14(18)8-15/h5-7,9-10H,4,8H2,1-3H3. The molecule has 0 bridgehead atoms. The fraction of sp³-hybridized carbons (Fsp3) is 0.500. The van der Waals surface area contributed by atoms with Crippen molar-refractivity contribution in [2.75, 3.05) is 0 Å². The van der Waals surface area contributed by atoms with Crippen molar-refractivity contribution in [2.45, 2.75) is 39.1 Å². The lowest BCUT2D eigenvalue weighted by molar-refractivity contribution is 0.371. The number of nitrogens with zero attached hydrogens (tertiary/aromatic N) is 2. The summed E-state index contributed by atoms with van der Waals surface area (Å²) in [5.41, 5.74) is 1.64. The van der Waals surface area contributed by atoms with Crippen molar-refractivity contribution < 1.29 is 4.39 Å². The minimum atomic E-state index is -0.260. The van der Waals surface area contributed by atoms with E-state index in [1.165, 1.54) is 12.1 Å². The molecule has 1 aromatic carbocycles. The van der Waals surface area contributed by atoms with Gasteiger partial charge < -0.3 is 4.57 Å². The highest BCUT2D eigenvalue weighted by atomic mass is 35.5. The normalized spacial score (nSPS) is 14.9. The zero-order valence-corrected chi connectivity index (χ0v) is 11.7. The van der Waals surface area contributed by atoms with Crippen LogP contribution in [-0.4, -0.2) is 9.55 Å². The van der Waals surface area contributed by atoms with Gasteiger partial charge in [0, 0.05) is 12.1 Å². The molecule has 4 heteroatoms. The Morgan fingerprint density at radius 2 is 2.11 bits per heavy atom. The van der Waals surface area contributed by atoms with E-state index in [1.54, 1.807) is 6.07 Å². The molecule has 0 aliphatic heterocycles. The van der Waals surface area contributed by atoms with Crippen molar-refractivity contribution in [1.29, 1.82) is 0 Å². The van der Waals surface area contributed by atoms with Gasteiger partial charge in [-0.3, -0.25) is 0 Å². The van der Waals surface area contributed by atoms with Gasteiger partial charge in [0.2, 0.25) is 0 Å². The molecule has 18 heavy (non-hydrogen) atoms. The van der Waals surface area contributed by atoms with Gasteiger partial charge in [0.05, 0.1) is 16.9 Å².